The van der Waals surface area contributed by atoms with Crippen LogP contribution in [-0.4, -0.2) is 34.1 Å². The molecule has 0 saturated heterocycles. The van der Waals surface area contributed by atoms with Crippen LogP contribution in [0.2, 0.25) is 0 Å². The summed E-state index contributed by atoms with van der Waals surface area (Å²) in [6, 6.07) is 61.7. The Morgan fingerprint density at radius 3 is 1.32 bits per heavy atom. The second-order valence-electron chi connectivity index (χ2n) is 13.8. The summed E-state index contributed by atoms with van der Waals surface area (Å²) < 4.78 is 4.75. The standard InChI is InChI=1S/C49H31N7/c1-2-14-32(15-3-1)48-53-42(29-43(54-48)36-16-4-5-21-41(36)49-51-30-50-31-52-49)33-26-34(55-44-22-10-6-17-37(44)38-18-7-11-23-45(38)55)28-35(27-33)56-46-24-12-8-19-39(46)40-20-9-13-25-47(40)56/h1-31H. The minimum Gasteiger partial charge on any atom is -0.309 e. The molecule has 7 nitrogen and oxygen atoms in total. The second-order valence-corrected chi connectivity index (χ2v) is 13.8. The highest BCUT2D eigenvalue weighted by Crippen LogP contribution is 2.39. The lowest BCUT2D eigenvalue weighted by Gasteiger charge is -2.17. The third kappa shape index (κ3) is 5.17. The monoisotopic (exact) mass is 717 g/mol. The van der Waals surface area contributed by atoms with Gasteiger partial charge < -0.3 is 9.13 Å². The van der Waals surface area contributed by atoms with Crippen molar-refractivity contribution in [2.45, 2.75) is 0 Å². The number of benzene rings is 7. The molecule has 262 valence electrons. The number of para-hydroxylation sites is 4. The lowest BCUT2D eigenvalue weighted by molar-refractivity contribution is 1.06. The summed E-state index contributed by atoms with van der Waals surface area (Å²) in [5, 5.41) is 4.82. The fourth-order valence-corrected chi connectivity index (χ4v) is 8.13. The zero-order valence-electron chi connectivity index (χ0n) is 30.0. The van der Waals surface area contributed by atoms with E-state index in [0.29, 0.717) is 11.6 Å². The van der Waals surface area contributed by atoms with E-state index in [1.807, 2.05) is 36.4 Å². The summed E-state index contributed by atoms with van der Waals surface area (Å²) in [5.74, 6) is 1.21. The number of aromatic nitrogens is 7. The molecule has 0 fully saturated rings. The lowest BCUT2D eigenvalue weighted by atomic mass is 10.0. The minimum absolute atomic E-state index is 0.582. The number of hydrogen-bond acceptors (Lipinski definition) is 5. The van der Waals surface area contributed by atoms with Gasteiger partial charge in [0.05, 0.1) is 33.5 Å². The van der Waals surface area contributed by atoms with Crippen LogP contribution in [0.15, 0.2) is 189 Å². The molecule has 11 aromatic rings. The first-order valence-corrected chi connectivity index (χ1v) is 18.6. The van der Waals surface area contributed by atoms with Crippen molar-refractivity contribution >= 4 is 43.6 Å². The summed E-state index contributed by atoms with van der Waals surface area (Å²) >= 11 is 0. The summed E-state index contributed by atoms with van der Waals surface area (Å²) in [7, 11) is 0. The van der Waals surface area contributed by atoms with Gasteiger partial charge in [0.2, 0.25) is 0 Å². The maximum absolute atomic E-state index is 5.33. The van der Waals surface area contributed by atoms with Gasteiger partial charge >= 0.3 is 0 Å². The highest BCUT2D eigenvalue weighted by atomic mass is 15.0. The van der Waals surface area contributed by atoms with Crippen molar-refractivity contribution in [2.24, 2.45) is 0 Å². The molecule has 4 aromatic heterocycles. The Morgan fingerprint density at radius 1 is 0.339 bits per heavy atom. The molecule has 0 aliphatic heterocycles. The molecule has 0 spiro atoms. The molecule has 0 saturated carbocycles. The van der Waals surface area contributed by atoms with Crippen LogP contribution in [0.4, 0.5) is 0 Å². The van der Waals surface area contributed by atoms with E-state index in [2.05, 4.69) is 164 Å². The number of rotatable bonds is 6. The normalized spacial score (nSPS) is 11.6. The largest absolute Gasteiger partial charge is 0.309 e. The Morgan fingerprint density at radius 2 is 0.786 bits per heavy atom. The summed E-state index contributed by atoms with van der Waals surface area (Å²) in [6.45, 7) is 0. The molecular formula is C49H31N7. The van der Waals surface area contributed by atoms with Gasteiger partial charge in [-0.15, -0.1) is 0 Å². The first-order chi connectivity index (χ1) is 27.8. The van der Waals surface area contributed by atoms with Crippen molar-refractivity contribution in [3.8, 4) is 56.7 Å². The SMILES string of the molecule is c1ccc(-c2nc(-c3cc(-n4c5ccccc5c5ccccc54)cc(-n4c5ccccc5c5ccccc54)c3)cc(-c3ccccc3-c3ncncn3)n2)cc1. The molecule has 0 bridgehead atoms. The molecule has 0 N–H and O–H groups in total. The second kappa shape index (κ2) is 13.0. The molecule has 0 radical (unpaired) electrons. The Bertz CT molecular complexity index is 3020. The van der Waals surface area contributed by atoms with Crippen molar-refractivity contribution < 1.29 is 0 Å². The maximum atomic E-state index is 5.33. The fourth-order valence-electron chi connectivity index (χ4n) is 8.13. The summed E-state index contributed by atoms with van der Waals surface area (Å²) in [6.07, 6.45) is 3.05. The van der Waals surface area contributed by atoms with Crippen molar-refractivity contribution in [1.82, 2.24) is 34.1 Å². The summed E-state index contributed by atoms with van der Waals surface area (Å²) in [5.41, 5.74) is 11.8. The average molecular weight is 718 g/mol. The molecule has 0 aliphatic carbocycles. The maximum Gasteiger partial charge on any atom is 0.163 e. The fraction of sp³-hybridized carbons (Fsp3) is 0. The zero-order chi connectivity index (χ0) is 37.0. The van der Waals surface area contributed by atoms with Crippen molar-refractivity contribution in [3.63, 3.8) is 0 Å². The molecule has 7 heteroatoms. The van der Waals surface area contributed by atoms with Crippen LogP contribution in [0.3, 0.4) is 0 Å². The van der Waals surface area contributed by atoms with Crippen LogP contribution >= 0.6 is 0 Å². The van der Waals surface area contributed by atoms with Gasteiger partial charge in [0, 0.05) is 55.2 Å². The predicted molar refractivity (Wildman–Crippen MR) is 226 cm³/mol. The lowest BCUT2D eigenvalue weighted by Crippen LogP contribution is -2.02. The van der Waals surface area contributed by atoms with Gasteiger partial charge in [-0.1, -0.05) is 127 Å². The Balaban J connectivity index is 1.23. The van der Waals surface area contributed by atoms with Gasteiger partial charge in [-0.3, -0.25) is 0 Å². The van der Waals surface area contributed by atoms with Gasteiger partial charge in [0.1, 0.15) is 12.7 Å². The average Bonchev–Trinajstić information content (AvgIpc) is 3.80. The number of fused-ring (bicyclic) bond motifs is 6. The first kappa shape index (κ1) is 31.7. The minimum atomic E-state index is 0.582. The third-order valence-corrected chi connectivity index (χ3v) is 10.6. The van der Waals surface area contributed by atoms with E-state index in [9.17, 15) is 0 Å². The topological polar surface area (TPSA) is 74.3 Å². The van der Waals surface area contributed by atoms with E-state index in [1.54, 1.807) is 0 Å². The Labute approximate surface area is 321 Å². The third-order valence-electron chi connectivity index (χ3n) is 10.6. The predicted octanol–water partition coefficient (Wildman–Crippen LogP) is 11.5. The van der Waals surface area contributed by atoms with E-state index >= 15 is 0 Å². The quantitative estimate of drug-likeness (QED) is 0.171. The molecule has 0 unspecified atom stereocenters. The first-order valence-electron chi connectivity index (χ1n) is 18.6. The smallest absolute Gasteiger partial charge is 0.163 e. The Kier molecular flexibility index (Phi) is 7.35. The molecular weight excluding hydrogens is 687 g/mol. The van der Waals surface area contributed by atoms with E-state index < -0.39 is 0 Å². The van der Waals surface area contributed by atoms with E-state index in [-0.39, 0.29) is 0 Å². The van der Waals surface area contributed by atoms with Crippen LogP contribution in [0.25, 0.3) is 100 Å². The van der Waals surface area contributed by atoms with Crippen LogP contribution in [0.1, 0.15) is 0 Å². The van der Waals surface area contributed by atoms with Gasteiger partial charge in [0.15, 0.2) is 11.6 Å². The van der Waals surface area contributed by atoms with Crippen molar-refractivity contribution in [3.05, 3.63) is 189 Å². The molecule has 56 heavy (non-hydrogen) atoms. The van der Waals surface area contributed by atoms with Crippen LogP contribution < -0.4 is 0 Å². The van der Waals surface area contributed by atoms with Gasteiger partial charge in [-0.25, -0.2) is 24.9 Å². The molecule has 0 atom stereocenters. The van der Waals surface area contributed by atoms with Crippen LogP contribution in [0, 0.1) is 0 Å². The van der Waals surface area contributed by atoms with Gasteiger partial charge in [-0.05, 0) is 48.5 Å². The highest BCUT2D eigenvalue weighted by molar-refractivity contribution is 6.10. The molecule has 0 amide bonds. The van der Waals surface area contributed by atoms with Gasteiger partial charge in [-0.2, -0.15) is 0 Å². The number of nitrogens with zero attached hydrogens (tertiary/aromatic N) is 7. The molecule has 11 rings (SSSR count). The van der Waals surface area contributed by atoms with E-state index in [0.717, 1.165) is 67.1 Å². The molecule has 4 heterocycles. The molecule has 0 aliphatic rings. The van der Waals surface area contributed by atoms with E-state index in [1.165, 1.54) is 34.2 Å². The zero-order valence-corrected chi connectivity index (χ0v) is 30.0. The van der Waals surface area contributed by atoms with Crippen LogP contribution in [0.5, 0.6) is 0 Å². The Hall–Kier alpha value is -7.77. The van der Waals surface area contributed by atoms with E-state index in [4.69, 9.17) is 9.97 Å². The summed E-state index contributed by atoms with van der Waals surface area (Å²) in [4.78, 5) is 23.6. The van der Waals surface area contributed by atoms with Gasteiger partial charge in [0.25, 0.3) is 0 Å². The molecule has 7 aromatic carbocycles. The highest BCUT2D eigenvalue weighted by Gasteiger charge is 2.20. The van der Waals surface area contributed by atoms with Crippen molar-refractivity contribution in [1.29, 1.82) is 0 Å². The number of hydrogen-bond donors (Lipinski definition) is 0. The van der Waals surface area contributed by atoms with Crippen LogP contribution in [-0.2, 0) is 0 Å². The van der Waals surface area contributed by atoms with Crippen molar-refractivity contribution in [2.75, 3.05) is 0 Å².